The second-order valence-electron chi connectivity index (χ2n) is 8.60. The van der Waals surface area contributed by atoms with Gasteiger partial charge in [-0.3, -0.25) is 0 Å². The molecule has 0 aliphatic rings. The molecule has 0 unspecified atom stereocenters. The van der Waals surface area contributed by atoms with Crippen molar-refractivity contribution in [3.63, 3.8) is 0 Å². The van der Waals surface area contributed by atoms with Crippen molar-refractivity contribution in [3.8, 4) is 28.3 Å². The van der Waals surface area contributed by atoms with Crippen LogP contribution in [0.25, 0.3) is 33.5 Å². The molecule has 0 saturated carbocycles. The van der Waals surface area contributed by atoms with Crippen LogP contribution < -0.4 is 5.32 Å². The third kappa shape index (κ3) is 5.31. The van der Waals surface area contributed by atoms with E-state index in [0.717, 1.165) is 22.4 Å². The number of hydrogen-bond acceptors (Lipinski definition) is 5. The Morgan fingerprint density at radius 3 is 2.24 bits per heavy atom. The van der Waals surface area contributed by atoms with Gasteiger partial charge in [-0.05, 0) is 54.4 Å². The fourth-order valence-corrected chi connectivity index (χ4v) is 3.67. The number of aromatic hydroxyl groups is 1. The number of ether oxygens (including phenoxy) is 1. The molecule has 1 aromatic heterocycles. The van der Waals surface area contributed by atoms with E-state index in [2.05, 4.69) is 21.2 Å². The van der Waals surface area contributed by atoms with Crippen LogP contribution in [0.4, 0.5) is 4.79 Å². The van der Waals surface area contributed by atoms with Gasteiger partial charge in [-0.2, -0.15) is 0 Å². The number of carbonyl (C=O) groups is 1. The first-order chi connectivity index (χ1) is 15.7. The molecule has 0 fully saturated rings. The van der Waals surface area contributed by atoms with Crippen molar-refractivity contribution < 1.29 is 14.6 Å². The minimum absolute atomic E-state index is 0.0547. The zero-order chi connectivity index (χ0) is 23.6. The molecule has 1 amide bonds. The van der Waals surface area contributed by atoms with Gasteiger partial charge < -0.3 is 15.2 Å². The number of halogens is 1. The van der Waals surface area contributed by atoms with Gasteiger partial charge in [-0.1, -0.05) is 54.6 Å². The highest BCUT2D eigenvalue weighted by molar-refractivity contribution is 9.10. The van der Waals surface area contributed by atoms with Crippen molar-refractivity contribution in [2.75, 3.05) is 0 Å². The highest BCUT2D eigenvalue weighted by Crippen LogP contribution is 2.36. The first-order valence-electron chi connectivity index (χ1n) is 10.5. The molecule has 33 heavy (non-hydrogen) atoms. The van der Waals surface area contributed by atoms with E-state index in [1.54, 1.807) is 6.07 Å². The predicted octanol–water partition coefficient (Wildman–Crippen LogP) is 6.46. The molecule has 0 saturated heterocycles. The molecule has 1 heterocycles. The number of carbonyl (C=O) groups excluding carboxylic acids is 1. The van der Waals surface area contributed by atoms with Crippen molar-refractivity contribution in [1.29, 1.82) is 0 Å². The molecular weight excluding hydrogens is 482 g/mol. The summed E-state index contributed by atoms with van der Waals surface area (Å²) in [5, 5.41) is 13.3. The monoisotopic (exact) mass is 505 g/mol. The van der Waals surface area contributed by atoms with Crippen molar-refractivity contribution in [2.45, 2.75) is 32.9 Å². The average Bonchev–Trinajstić information content (AvgIpc) is 2.79. The summed E-state index contributed by atoms with van der Waals surface area (Å²) in [4.78, 5) is 21.5. The maximum atomic E-state index is 11.9. The molecule has 4 rings (SSSR count). The van der Waals surface area contributed by atoms with Crippen LogP contribution in [-0.4, -0.2) is 26.8 Å². The van der Waals surface area contributed by atoms with Crippen LogP contribution in [0.3, 0.4) is 0 Å². The summed E-state index contributed by atoms with van der Waals surface area (Å²) >= 11 is 3.35. The number of amides is 1. The Labute approximate surface area is 200 Å². The Balaban J connectivity index is 1.69. The topological polar surface area (TPSA) is 84.3 Å². The smallest absolute Gasteiger partial charge is 0.407 e. The molecule has 2 N–H and O–H groups in total. The summed E-state index contributed by atoms with van der Waals surface area (Å²) in [7, 11) is 0. The standard InChI is InChI=1S/C26H24BrN3O3/c1-26(2,3)33-25(32)28-15-16-9-11-18(12-10-16)22-21(17-7-5-4-6-8-17)29-20-14-13-19(27)24(31)23(20)30-22/h4-14,31H,15H2,1-3H3,(H,28,32). The molecule has 0 aliphatic heterocycles. The van der Waals surface area contributed by atoms with Crippen LogP contribution in [0.2, 0.25) is 0 Å². The molecule has 6 nitrogen and oxygen atoms in total. The van der Waals surface area contributed by atoms with Gasteiger partial charge in [0.25, 0.3) is 0 Å². The Hall–Kier alpha value is -3.45. The Bertz CT molecular complexity index is 1300. The number of nitrogens with zero attached hydrogens (tertiary/aromatic N) is 2. The fourth-order valence-electron chi connectivity index (χ4n) is 3.35. The zero-order valence-electron chi connectivity index (χ0n) is 18.6. The Kier molecular flexibility index (Phi) is 6.33. The van der Waals surface area contributed by atoms with Gasteiger partial charge in [-0.15, -0.1) is 0 Å². The number of fused-ring (bicyclic) bond motifs is 1. The SMILES string of the molecule is CC(C)(C)OC(=O)NCc1ccc(-c2nc3c(O)c(Br)ccc3nc2-c2ccccc2)cc1. The lowest BCUT2D eigenvalue weighted by Gasteiger charge is -2.19. The van der Waals surface area contributed by atoms with E-state index in [-0.39, 0.29) is 5.75 Å². The molecule has 0 aliphatic carbocycles. The fraction of sp³-hybridized carbons (Fsp3) is 0.192. The maximum absolute atomic E-state index is 11.9. The second kappa shape index (κ2) is 9.19. The molecular formula is C26H24BrN3O3. The lowest BCUT2D eigenvalue weighted by Crippen LogP contribution is -2.32. The van der Waals surface area contributed by atoms with Crippen LogP contribution in [0.15, 0.2) is 71.2 Å². The number of alkyl carbamates (subject to hydrolysis) is 1. The van der Waals surface area contributed by atoms with E-state index in [1.807, 2.05) is 81.4 Å². The van der Waals surface area contributed by atoms with Crippen molar-refractivity contribution >= 4 is 33.1 Å². The Morgan fingerprint density at radius 1 is 0.939 bits per heavy atom. The molecule has 168 valence electrons. The number of hydrogen-bond donors (Lipinski definition) is 2. The highest BCUT2D eigenvalue weighted by atomic mass is 79.9. The van der Waals surface area contributed by atoms with Gasteiger partial charge >= 0.3 is 6.09 Å². The number of phenols is 1. The normalized spacial score (nSPS) is 11.4. The third-order valence-corrected chi connectivity index (χ3v) is 5.51. The van der Waals surface area contributed by atoms with E-state index in [9.17, 15) is 9.90 Å². The summed E-state index contributed by atoms with van der Waals surface area (Å²) in [5.41, 5.74) is 4.58. The van der Waals surface area contributed by atoms with Gasteiger partial charge in [0.1, 0.15) is 11.1 Å². The van der Waals surface area contributed by atoms with Crippen molar-refractivity contribution in [3.05, 3.63) is 76.8 Å². The number of benzene rings is 3. The Morgan fingerprint density at radius 2 is 1.58 bits per heavy atom. The van der Waals surface area contributed by atoms with Crippen LogP contribution in [0.1, 0.15) is 26.3 Å². The van der Waals surface area contributed by atoms with Crippen LogP contribution >= 0.6 is 15.9 Å². The quantitative estimate of drug-likeness (QED) is 0.332. The average molecular weight is 506 g/mol. The summed E-state index contributed by atoms with van der Waals surface area (Å²) in [6, 6.07) is 21.1. The summed E-state index contributed by atoms with van der Waals surface area (Å²) in [5.74, 6) is 0.0547. The molecule has 3 aromatic carbocycles. The van der Waals surface area contributed by atoms with Crippen LogP contribution in [-0.2, 0) is 11.3 Å². The summed E-state index contributed by atoms with van der Waals surface area (Å²) in [6.07, 6.45) is -0.459. The van der Waals surface area contributed by atoms with E-state index < -0.39 is 11.7 Å². The number of nitrogens with one attached hydrogen (secondary N) is 1. The van der Waals surface area contributed by atoms with Gasteiger partial charge in [-0.25, -0.2) is 14.8 Å². The lowest BCUT2D eigenvalue weighted by molar-refractivity contribution is 0.0523. The molecule has 0 atom stereocenters. The largest absolute Gasteiger partial charge is 0.504 e. The first-order valence-corrected chi connectivity index (χ1v) is 11.3. The molecule has 0 radical (unpaired) electrons. The minimum Gasteiger partial charge on any atom is -0.504 e. The molecule has 0 bridgehead atoms. The lowest BCUT2D eigenvalue weighted by atomic mass is 10.0. The summed E-state index contributed by atoms with van der Waals surface area (Å²) < 4.78 is 5.84. The second-order valence-corrected chi connectivity index (χ2v) is 9.46. The van der Waals surface area contributed by atoms with Gasteiger partial charge in [0.15, 0.2) is 5.75 Å². The van der Waals surface area contributed by atoms with Gasteiger partial charge in [0.2, 0.25) is 0 Å². The highest BCUT2D eigenvalue weighted by Gasteiger charge is 2.17. The van der Waals surface area contributed by atoms with E-state index >= 15 is 0 Å². The van der Waals surface area contributed by atoms with E-state index in [1.165, 1.54) is 0 Å². The maximum Gasteiger partial charge on any atom is 0.407 e. The summed E-state index contributed by atoms with van der Waals surface area (Å²) in [6.45, 7) is 5.82. The van der Waals surface area contributed by atoms with Crippen LogP contribution in [0.5, 0.6) is 5.75 Å². The van der Waals surface area contributed by atoms with Crippen molar-refractivity contribution in [1.82, 2.24) is 15.3 Å². The van der Waals surface area contributed by atoms with Crippen LogP contribution in [0, 0.1) is 0 Å². The first kappa shape index (κ1) is 22.7. The number of phenolic OH excluding ortho intramolecular Hbond substituents is 1. The molecule has 4 aromatic rings. The number of aromatic nitrogens is 2. The number of rotatable bonds is 4. The van der Waals surface area contributed by atoms with E-state index in [0.29, 0.717) is 27.7 Å². The molecule has 0 spiro atoms. The van der Waals surface area contributed by atoms with E-state index in [4.69, 9.17) is 14.7 Å². The third-order valence-electron chi connectivity index (χ3n) is 4.87. The van der Waals surface area contributed by atoms with Gasteiger partial charge in [0.05, 0.1) is 21.4 Å². The van der Waals surface area contributed by atoms with Gasteiger partial charge in [0, 0.05) is 17.7 Å². The minimum atomic E-state index is -0.545. The molecule has 7 heteroatoms. The predicted molar refractivity (Wildman–Crippen MR) is 133 cm³/mol. The zero-order valence-corrected chi connectivity index (χ0v) is 20.2. The van der Waals surface area contributed by atoms with Crippen molar-refractivity contribution in [2.24, 2.45) is 0 Å².